The van der Waals surface area contributed by atoms with Crippen LogP contribution in [0, 0.1) is 0 Å². The van der Waals surface area contributed by atoms with Gasteiger partial charge >= 0.3 is 7.82 Å². The molecule has 10 unspecified atom stereocenters. The zero-order chi connectivity index (χ0) is 46.7. The van der Waals surface area contributed by atoms with Crippen LogP contribution in [0.5, 0.6) is 0 Å². The summed E-state index contributed by atoms with van der Waals surface area (Å²) in [6.45, 7) is -3.58. The Morgan fingerprint density at radius 1 is 0.422 bits per heavy atom. The molecule has 0 bridgehead atoms. The molecule has 14 N–H and O–H groups in total. The molecule has 5 aliphatic rings. The molecule has 22 atom stereocenters. The highest BCUT2D eigenvalue weighted by Gasteiger charge is 2.57. The van der Waals surface area contributed by atoms with Gasteiger partial charge in [0.1, 0.15) is 97.7 Å². The van der Waals surface area contributed by atoms with Crippen molar-refractivity contribution in [3.63, 3.8) is 0 Å². The van der Waals surface area contributed by atoms with E-state index in [2.05, 4.69) is 0 Å². The fourth-order valence-electron chi connectivity index (χ4n) is 7.16. The number of rotatable bonds is 14. The first-order valence-electron chi connectivity index (χ1n) is 20.3. The first-order chi connectivity index (χ1) is 30.5. The Bertz CT molecular complexity index is 1370. The second-order valence-electron chi connectivity index (χ2n) is 15.0. The van der Waals surface area contributed by atoms with Crippen molar-refractivity contribution >= 4 is 7.82 Å². The van der Waals surface area contributed by atoms with Gasteiger partial charge in [0, 0.05) is 0 Å². The normalized spacial score (nSPS) is 46.1. The minimum atomic E-state index is -5.53. The van der Waals surface area contributed by atoms with Crippen LogP contribution >= 0.6 is 7.82 Å². The van der Waals surface area contributed by atoms with Crippen LogP contribution in [0.4, 0.5) is 0 Å². The molecule has 5 saturated heterocycles. The quantitative estimate of drug-likeness (QED) is 0.0719. The molecule has 0 radical (unpaired) electrons. The lowest BCUT2D eigenvalue weighted by molar-refractivity contribution is -0.386. The molecule has 0 aliphatic carbocycles. The van der Waals surface area contributed by atoms with Gasteiger partial charge in [-0.15, -0.1) is 0 Å². The average molecular weight is 965 g/mol. The highest BCUT2D eigenvalue weighted by atomic mass is 31.2. The van der Waals surface area contributed by atoms with E-state index in [0.29, 0.717) is 6.61 Å². The van der Waals surface area contributed by atoms with E-state index >= 15 is 0 Å². The molecule has 29 nitrogen and oxygen atoms in total. The van der Waals surface area contributed by atoms with Crippen LogP contribution in [-0.4, -0.2) is 286 Å². The van der Waals surface area contributed by atoms with E-state index in [4.69, 9.17) is 65.9 Å². The topological polar surface area (TPSA) is 430 Å². The molecule has 0 aromatic carbocycles. The van der Waals surface area contributed by atoms with Crippen LogP contribution in [0.25, 0.3) is 0 Å². The first kappa shape index (κ1) is 54.1. The second-order valence-corrected chi connectivity index (χ2v) is 16.4. The zero-order valence-corrected chi connectivity index (χ0v) is 35.0. The average Bonchev–Trinajstić information content (AvgIpc) is 3.28. The molecule has 0 aromatic heterocycles. The number of aliphatic hydroxyl groups excluding tert-OH is 13. The lowest BCUT2D eigenvalue weighted by Crippen LogP contribution is -2.67. The van der Waals surface area contributed by atoms with Crippen molar-refractivity contribution < 1.29 is 142 Å². The number of phosphoric acid groups is 1. The molecule has 0 spiro atoms. The van der Waals surface area contributed by atoms with Crippen molar-refractivity contribution in [2.24, 2.45) is 0 Å². The maximum atomic E-state index is 13.8. The Labute approximate surface area is 364 Å². The molecule has 5 fully saturated rings. The summed E-state index contributed by atoms with van der Waals surface area (Å²) in [4.78, 5) is 11.1. The number of hydrogen-bond acceptors (Lipinski definition) is 28. The highest BCUT2D eigenvalue weighted by Crippen LogP contribution is 2.49. The maximum Gasteiger partial charge on any atom is 0.475 e. The van der Waals surface area contributed by atoms with Crippen LogP contribution in [-0.2, 0) is 70.5 Å². The number of hydrogen-bond donors (Lipinski definition) is 14. The Morgan fingerprint density at radius 3 is 1.39 bits per heavy atom. The second kappa shape index (κ2) is 25.6. The Balaban J connectivity index is 1.38. The zero-order valence-electron chi connectivity index (χ0n) is 34.1. The third-order valence-corrected chi connectivity index (χ3v) is 11.6. The summed E-state index contributed by atoms with van der Waals surface area (Å²) in [5, 5.41) is 136. The van der Waals surface area contributed by atoms with Gasteiger partial charge in [-0.2, -0.15) is 0 Å². The van der Waals surface area contributed by atoms with Crippen LogP contribution < -0.4 is 0 Å². The van der Waals surface area contributed by atoms with Crippen molar-refractivity contribution in [1.29, 1.82) is 0 Å². The van der Waals surface area contributed by atoms with Gasteiger partial charge in [0.15, 0.2) is 31.5 Å². The van der Waals surface area contributed by atoms with Crippen molar-refractivity contribution in [3.8, 4) is 0 Å². The third kappa shape index (κ3) is 13.9. The lowest BCUT2D eigenvalue weighted by atomic mass is 9.95. The molecule has 376 valence electrons. The summed E-state index contributed by atoms with van der Waals surface area (Å²) in [7, 11) is -5.53. The van der Waals surface area contributed by atoms with Gasteiger partial charge in [-0.25, -0.2) is 4.57 Å². The maximum absolute atomic E-state index is 13.8. The summed E-state index contributed by atoms with van der Waals surface area (Å²) in [5.41, 5.74) is 0. The fourth-order valence-corrected chi connectivity index (χ4v) is 8.16. The van der Waals surface area contributed by atoms with Gasteiger partial charge in [-0.05, 0) is 0 Å². The molecule has 5 heterocycles. The van der Waals surface area contributed by atoms with Gasteiger partial charge in [-0.1, -0.05) is 0 Å². The molecular formula is C34H61O29P. The molecule has 5 aliphatic heterocycles. The standard InChI is InChI=1S/C34H61O29P/c35-9-14-19(39)20(40)24(44)32(56-14)60-29-17(12-38)58-34(30(26(29)46)63-64(48,49)62-18-13-53-6-5-51-2-1-50-3-4-52-7-8-54-18)61-28-16(11-37)57-33(25(45)22(28)42)59-27-15(10-36)55-31(47)23(43)21(27)41/h14-47H,1-13H2,(H,48,49)/t14?,15?,16?,17?,18?,19-,20?,21?,22?,23+,24+,25+,26?,27-,28-,29-,30+,31-,32+,33+,34+/m1/s1. The number of aliphatic hydroxyl groups is 13. The fraction of sp³-hybridized carbons (Fsp3) is 1.00. The van der Waals surface area contributed by atoms with Gasteiger partial charge in [0.2, 0.25) is 0 Å². The lowest BCUT2D eigenvalue weighted by Gasteiger charge is -2.49. The molecular weight excluding hydrogens is 903 g/mol. The van der Waals surface area contributed by atoms with Crippen LogP contribution in [0.1, 0.15) is 0 Å². The van der Waals surface area contributed by atoms with E-state index < -0.39 is 170 Å². The van der Waals surface area contributed by atoms with Crippen molar-refractivity contribution in [1.82, 2.24) is 0 Å². The Hall–Kier alpha value is -0.890. The van der Waals surface area contributed by atoms with Crippen LogP contribution in [0.15, 0.2) is 0 Å². The molecule has 0 saturated carbocycles. The molecule has 64 heavy (non-hydrogen) atoms. The monoisotopic (exact) mass is 964 g/mol. The molecule has 0 amide bonds. The summed E-state index contributed by atoms with van der Waals surface area (Å²) < 4.78 is 90.6. The SMILES string of the molecule is O=P(O)(OC1COCCOCCOCCOCCO1)O[C@H]1C(O)[C@H](O[C@@H]2OC(CO)[C@@H](O)C(O)[C@@H]2O)C(CO)O[C@H]1O[C@@H]1C(CO)O[C@@H](O[C@@H]2C(CO)O[C@@H](O)[C@@H](O)C2O)[C@@H](O)C1O. The largest absolute Gasteiger partial charge is 0.475 e. The van der Waals surface area contributed by atoms with Crippen LogP contribution in [0.2, 0.25) is 0 Å². The van der Waals surface area contributed by atoms with Gasteiger partial charge in [0.05, 0.1) is 85.9 Å². The van der Waals surface area contributed by atoms with E-state index in [9.17, 15) is 75.8 Å². The molecule has 0 aromatic rings. The first-order valence-corrected chi connectivity index (χ1v) is 21.8. The minimum Gasteiger partial charge on any atom is -0.394 e. The molecule has 5 rings (SSSR count). The Kier molecular flexibility index (Phi) is 21.7. The predicted molar refractivity (Wildman–Crippen MR) is 197 cm³/mol. The summed E-state index contributed by atoms with van der Waals surface area (Å²) >= 11 is 0. The smallest absolute Gasteiger partial charge is 0.394 e. The number of ether oxygens (including phenoxy) is 12. The Morgan fingerprint density at radius 2 is 0.844 bits per heavy atom. The van der Waals surface area contributed by atoms with Crippen molar-refractivity contribution in [2.75, 3.05) is 85.9 Å². The predicted octanol–water partition coefficient (Wildman–Crippen LogP) is -9.18. The number of phosphoric ester groups is 1. The van der Waals surface area contributed by atoms with E-state index in [-0.39, 0.29) is 46.2 Å². The summed E-state index contributed by atoms with van der Waals surface area (Å²) in [6, 6.07) is 0. The van der Waals surface area contributed by atoms with Crippen LogP contribution in [0.3, 0.4) is 0 Å². The van der Waals surface area contributed by atoms with E-state index in [0.717, 1.165) is 0 Å². The van der Waals surface area contributed by atoms with Gasteiger partial charge < -0.3 is 128 Å². The van der Waals surface area contributed by atoms with Gasteiger partial charge in [-0.3, -0.25) is 9.05 Å². The highest BCUT2D eigenvalue weighted by molar-refractivity contribution is 7.47. The minimum absolute atomic E-state index is 0.0292. The van der Waals surface area contributed by atoms with E-state index in [1.807, 2.05) is 0 Å². The van der Waals surface area contributed by atoms with E-state index in [1.54, 1.807) is 0 Å². The van der Waals surface area contributed by atoms with E-state index in [1.165, 1.54) is 0 Å². The van der Waals surface area contributed by atoms with Crippen molar-refractivity contribution in [2.45, 2.75) is 129 Å². The third-order valence-electron chi connectivity index (χ3n) is 10.6. The van der Waals surface area contributed by atoms with Crippen molar-refractivity contribution in [3.05, 3.63) is 0 Å². The summed E-state index contributed by atoms with van der Waals surface area (Å²) in [6.07, 6.45) is -40.5. The summed E-state index contributed by atoms with van der Waals surface area (Å²) in [5.74, 6) is 0. The molecule has 30 heteroatoms. The van der Waals surface area contributed by atoms with Gasteiger partial charge in [0.25, 0.3) is 0 Å².